The molecule has 0 unspecified atom stereocenters. The van der Waals surface area contributed by atoms with Crippen LogP contribution in [0.5, 0.6) is 0 Å². The van der Waals surface area contributed by atoms with Crippen LogP contribution in [0.1, 0.15) is 54.4 Å². The van der Waals surface area contributed by atoms with E-state index in [4.69, 9.17) is 0 Å². The Morgan fingerprint density at radius 2 is 1.78 bits per heavy atom. The Kier molecular flexibility index (Phi) is 6.55. The Bertz CT molecular complexity index is 924. The average Bonchev–Trinajstić information content (AvgIpc) is 3.13. The number of hydrogen-bond donors (Lipinski definition) is 1. The van der Waals surface area contributed by atoms with Crippen LogP contribution >= 0.6 is 0 Å². The van der Waals surface area contributed by atoms with Crippen molar-refractivity contribution in [2.45, 2.75) is 44.1 Å². The van der Waals surface area contributed by atoms with E-state index in [0.717, 1.165) is 38.6 Å². The second kappa shape index (κ2) is 9.36. The van der Waals surface area contributed by atoms with Gasteiger partial charge in [-0.25, -0.2) is 9.97 Å². The highest BCUT2D eigenvalue weighted by Gasteiger charge is 2.49. The van der Waals surface area contributed by atoms with E-state index in [9.17, 15) is 9.59 Å². The minimum absolute atomic E-state index is 0.0500. The van der Waals surface area contributed by atoms with Crippen LogP contribution in [0.2, 0.25) is 0 Å². The lowest BCUT2D eigenvalue weighted by molar-refractivity contribution is -0.127. The summed E-state index contributed by atoms with van der Waals surface area (Å²) in [6.45, 7) is 2.05. The van der Waals surface area contributed by atoms with Gasteiger partial charge in [0.15, 0.2) is 0 Å². The number of nitrogens with one attached hydrogen (secondary N) is 1. The quantitative estimate of drug-likeness (QED) is 0.677. The van der Waals surface area contributed by atoms with Gasteiger partial charge in [-0.05, 0) is 57.2 Å². The van der Waals surface area contributed by atoms with Crippen molar-refractivity contribution in [3.05, 3.63) is 60.2 Å². The molecule has 7 nitrogen and oxygen atoms in total. The SMILES string of the molecule is CN(C)[C@]1(c2ccccc2)CC[C@@]2(CC1)CC(=O)N(CCCNC(=O)c1cncnc1)C2. The monoisotopic (exact) mass is 435 g/mol. The minimum atomic E-state index is -0.178. The van der Waals surface area contributed by atoms with E-state index in [-0.39, 0.29) is 22.8 Å². The van der Waals surface area contributed by atoms with Crippen LogP contribution in [-0.4, -0.2) is 65.3 Å². The zero-order valence-electron chi connectivity index (χ0n) is 19.1. The van der Waals surface area contributed by atoms with Gasteiger partial charge in [0.25, 0.3) is 5.91 Å². The van der Waals surface area contributed by atoms with Crippen LogP contribution in [0, 0.1) is 5.41 Å². The molecule has 170 valence electrons. The van der Waals surface area contributed by atoms with Gasteiger partial charge < -0.3 is 10.2 Å². The summed E-state index contributed by atoms with van der Waals surface area (Å²) in [5, 5.41) is 2.89. The molecule has 1 spiro atoms. The van der Waals surface area contributed by atoms with Crippen LogP contribution in [0.4, 0.5) is 0 Å². The first-order valence-corrected chi connectivity index (χ1v) is 11.5. The molecule has 1 saturated heterocycles. The molecular weight excluding hydrogens is 402 g/mol. The summed E-state index contributed by atoms with van der Waals surface area (Å²) in [7, 11) is 4.35. The lowest BCUT2D eigenvalue weighted by atomic mass is 9.64. The molecule has 1 aromatic carbocycles. The molecule has 7 heteroatoms. The summed E-state index contributed by atoms with van der Waals surface area (Å²) in [4.78, 5) is 37.0. The third-order valence-corrected chi connectivity index (χ3v) is 7.42. The van der Waals surface area contributed by atoms with Gasteiger partial charge in [-0.15, -0.1) is 0 Å². The van der Waals surface area contributed by atoms with Crippen molar-refractivity contribution in [3.63, 3.8) is 0 Å². The Hall–Kier alpha value is -2.80. The molecule has 1 aliphatic carbocycles. The molecule has 4 rings (SSSR count). The number of aromatic nitrogens is 2. The van der Waals surface area contributed by atoms with Gasteiger partial charge in [-0.3, -0.25) is 14.5 Å². The molecule has 1 aliphatic heterocycles. The van der Waals surface area contributed by atoms with Crippen LogP contribution < -0.4 is 5.32 Å². The second-order valence-corrected chi connectivity index (χ2v) is 9.52. The Labute approximate surface area is 190 Å². The maximum Gasteiger partial charge on any atom is 0.254 e. The van der Waals surface area contributed by atoms with E-state index in [1.165, 1.54) is 24.3 Å². The van der Waals surface area contributed by atoms with E-state index in [2.05, 4.69) is 64.6 Å². The fourth-order valence-electron chi connectivity index (χ4n) is 5.45. The van der Waals surface area contributed by atoms with Crippen molar-refractivity contribution in [3.8, 4) is 0 Å². The Morgan fingerprint density at radius 1 is 1.09 bits per heavy atom. The average molecular weight is 436 g/mol. The summed E-state index contributed by atoms with van der Waals surface area (Å²) in [5.74, 6) is 0.0767. The van der Waals surface area contributed by atoms with Crippen LogP contribution in [0.15, 0.2) is 49.1 Å². The predicted molar refractivity (Wildman–Crippen MR) is 123 cm³/mol. The summed E-state index contributed by atoms with van der Waals surface area (Å²) < 4.78 is 0. The zero-order chi connectivity index (χ0) is 22.6. The van der Waals surface area contributed by atoms with Gasteiger partial charge in [0, 0.05) is 44.0 Å². The van der Waals surface area contributed by atoms with E-state index in [1.54, 1.807) is 0 Å². The first-order chi connectivity index (χ1) is 15.4. The van der Waals surface area contributed by atoms with Gasteiger partial charge in [0.1, 0.15) is 6.33 Å². The van der Waals surface area contributed by atoms with Gasteiger partial charge in [-0.2, -0.15) is 0 Å². The number of likely N-dealkylation sites (tertiary alicyclic amines) is 1. The maximum atomic E-state index is 12.8. The van der Waals surface area contributed by atoms with Crippen LogP contribution in [-0.2, 0) is 10.3 Å². The molecule has 2 amide bonds. The molecule has 32 heavy (non-hydrogen) atoms. The molecule has 0 bridgehead atoms. The molecule has 2 aromatic rings. The van der Waals surface area contributed by atoms with Gasteiger partial charge in [-0.1, -0.05) is 30.3 Å². The molecular formula is C25H33N5O2. The largest absolute Gasteiger partial charge is 0.352 e. The van der Waals surface area contributed by atoms with Gasteiger partial charge in [0.05, 0.1) is 5.56 Å². The third kappa shape index (κ3) is 4.53. The van der Waals surface area contributed by atoms with Gasteiger partial charge in [0.2, 0.25) is 5.91 Å². The van der Waals surface area contributed by atoms with E-state index < -0.39 is 0 Å². The first kappa shape index (κ1) is 22.4. The standard InChI is InChI=1S/C25H33N5O2/c1-29(2)25(21-7-4-3-5-8-21)11-9-24(10-12-25)15-22(31)30(18-24)14-6-13-28-23(32)20-16-26-19-27-17-20/h3-5,7-8,16-17,19H,6,9-15,18H2,1-2H3,(H,28,32)/t24-,25-. The summed E-state index contributed by atoms with van der Waals surface area (Å²) >= 11 is 0. The predicted octanol–water partition coefficient (Wildman–Crippen LogP) is 2.85. The first-order valence-electron chi connectivity index (χ1n) is 11.5. The normalized spacial score (nSPS) is 25.5. The van der Waals surface area contributed by atoms with Crippen molar-refractivity contribution < 1.29 is 9.59 Å². The van der Waals surface area contributed by atoms with E-state index >= 15 is 0 Å². The number of hydrogen-bond acceptors (Lipinski definition) is 5. The Balaban J connectivity index is 1.29. The van der Waals surface area contributed by atoms with Crippen molar-refractivity contribution in [2.75, 3.05) is 33.7 Å². The lowest BCUT2D eigenvalue weighted by Crippen LogP contribution is -2.47. The molecule has 2 heterocycles. The smallest absolute Gasteiger partial charge is 0.254 e. The lowest BCUT2D eigenvalue weighted by Gasteiger charge is -2.48. The molecule has 2 fully saturated rings. The van der Waals surface area contributed by atoms with Crippen LogP contribution in [0.3, 0.4) is 0 Å². The third-order valence-electron chi connectivity index (χ3n) is 7.42. The van der Waals surface area contributed by atoms with Gasteiger partial charge >= 0.3 is 0 Å². The molecule has 0 atom stereocenters. The number of carbonyl (C=O) groups excluding carboxylic acids is 2. The minimum Gasteiger partial charge on any atom is -0.352 e. The molecule has 1 N–H and O–H groups in total. The van der Waals surface area contributed by atoms with Crippen LogP contribution in [0.25, 0.3) is 0 Å². The molecule has 0 radical (unpaired) electrons. The highest BCUT2D eigenvalue weighted by molar-refractivity contribution is 5.93. The number of carbonyl (C=O) groups is 2. The van der Waals surface area contributed by atoms with Crippen molar-refractivity contribution in [2.24, 2.45) is 5.41 Å². The fraction of sp³-hybridized carbons (Fsp3) is 0.520. The molecule has 2 aliphatic rings. The highest BCUT2D eigenvalue weighted by atomic mass is 16.2. The summed E-state index contributed by atoms with van der Waals surface area (Å²) in [6.07, 6.45) is 10.1. The van der Waals surface area contributed by atoms with Crippen molar-refractivity contribution in [1.29, 1.82) is 0 Å². The van der Waals surface area contributed by atoms with Crippen molar-refractivity contribution >= 4 is 11.8 Å². The number of nitrogens with zero attached hydrogens (tertiary/aromatic N) is 4. The zero-order valence-corrected chi connectivity index (χ0v) is 19.1. The second-order valence-electron chi connectivity index (χ2n) is 9.52. The van der Waals surface area contributed by atoms with E-state index in [0.29, 0.717) is 25.1 Å². The summed E-state index contributed by atoms with van der Waals surface area (Å²) in [5.41, 5.74) is 1.97. The Morgan fingerprint density at radius 3 is 2.44 bits per heavy atom. The molecule has 1 saturated carbocycles. The topological polar surface area (TPSA) is 78.4 Å². The van der Waals surface area contributed by atoms with E-state index in [1.807, 2.05) is 4.90 Å². The number of benzene rings is 1. The molecule has 1 aromatic heterocycles. The maximum absolute atomic E-state index is 12.8. The van der Waals surface area contributed by atoms with Crippen molar-refractivity contribution in [1.82, 2.24) is 25.1 Å². The number of amides is 2. The number of rotatable bonds is 7. The summed E-state index contributed by atoms with van der Waals surface area (Å²) in [6, 6.07) is 10.8. The highest BCUT2D eigenvalue weighted by Crippen LogP contribution is 2.52. The fourth-order valence-corrected chi connectivity index (χ4v) is 5.45.